The smallest absolute Gasteiger partial charge is 0.267 e. The first kappa shape index (κ1) is 10.2. The molecule has 0 radical (unpaired) electrons. The van der Waals surface area contributed by atoms with Crippen LogP contribution in [-0.4, -0.2) is 16.8 Å². The minimum atomic E-state index is -0.648. The fraction of sp³-hybridized carbons (Fsp3) is 0.222. The van der Waals surface area contributed by atoms with E-state index in [2.05, 4.69) is 4.98 Å². The molecule has 0 aliphatic rings. The van der Waals surface area contributed by atoms with Crippen LogP contribution < -0.4 is 11.5 Å². The van der Waals surface area contributed by atoms with Gasteiger partial charge in [-0.1, -0.05) is 6.92 Å². The van der Waals surface area contributed by atoms with E-state index in [4.69, 9.17) is 11.5 Å². The van der Waals surface area contributed by atoms with Crippen LogP contribution in [0.2, 0.25) is 0 Å². The quantitative estimate of drug-likeness (QED) is 0.697. The Kier molecular flexibility index (Phi) is 2.81. The van der Waals surface area contributed by atoms with Crippen molar-refractivity contribution in [2.45, 2.75) is 13.3 Å². The number of primary amides is 2. The average Bonchev–Trinajstić information content (AvgIpc) is 2.16. The number of nitrogens with zero attached hydrogens (tertiary/aromatic N) is 1. The van der Waals surface area contributed by atoms with Gasteiger partial charge >= 0.3 is 0 Å². The third-order valence-electron chi connectivity index (χ3n) is 1.91. The van der Waals surface area contributed by atoms with Crippen molar-refractivity contribution in [2.75, 3.05) is 0 Å². The molecule has 1 rings (SSSR count). The number of pyridine rings is 1. The fourth-order valence-electron chi connectivity index (χ4n) is 1.29. The molecule has 0 aliphatic carbocycles. The molecule has 5 nitrogen and oxygen atoms in total. The standard InChI is InChI=1S/C9H11N3O2/c1-2-5-6(8(10)13)3-4-12-7(5)9(11)14/h3-4H,2H2,1H3,(H2,10,13)(H2,11,14). The second-order valence-corrected chi connectivity index (χ2v) is 2.77. The Hall–Kier alpha value is -1.91. The van der Waals surface area contributed by atoms with Crippen molar-refractivity contribution in [3.63, 3.8) is 0 Å². The van der Waals surface area contributed by atoms with Crippen molar-refractivity contribution in [2.24, 2.45) is 11.5 Å². The first-order valence-corrected chi connectivity index (χ1v) is 4.15. The van der Waals surface area contributed by atoms with Crippen LogP contribution >= 0.6 is 0 Å². The van der Waals surface area contributed by atoms with E-state index in [0.29, 0.717) is 17.5 Å². The molecule has 0 aromatic carbocycles. The van der Waals surface area contributed by atoms with E-state index in [9.17, 15) is 9.59 Å². The van der Waals surface area contributed by atoms with Gasteiger partial charge in [-0.25, -0.2) is 0 Å². The number of hydrogen-bond acceptors (Lipinski definition) is 3. The molecule has 0 spiro atoms. The summed E-state index contributed by atoms with van der Waals surface area (Å²) in [6, 6.07) is 1.48. The fourth-order valence-corrected chi connectivity index (χ4v) is 1.29. The number of aromatic nitrogens is 1. The van der Waals surface area contributed by atoms with Gasteiger partial charge in [-0.05, 0) is 18.1 Å². The number of amides is 2. The Morgan fingerprint density at radius 2 is 2.00 bits per heavy atom. The lowest BCUT2D eigenvalue weighted by Gasteiger charge is -2.06. The van der Waals surface area contributed by atoms with Crippen molar-refractivity contribution >= 4 is 11.8 Å². The summed E-state index contributed by atoms with van der Waals surface area (Å²) in [5, 5.41) is 0. The summed E-state index contributed by atoms with van der Waals surface area (Å²) in [5.74, 6) is -1.23. The predicted octanol–water partition coefficient (Wildman–Crippen LogP) is -0.158. The second kappa shape index (κ2) is 3.87. The van der Waals surface area contributed by atoms with Gasteiger partial charge in [0.15, 0.2) is 0 Å². The van der Waals surface area contributed by atoms with Gasteiger partial charge in [-0.2, -0.15) is 0 Å². The summed E-state index contributed by atoms with van der Waals surface area (Å²) in [4.78, 5) is 25.8. The lowest BCUT2D eigenvalue weighted by Crippen LogP contribution is -2.21. The SMILES string of the molecule is CCc1c(C(N)=O)ccnc1C(N)=O. The highest BCUT2D eigenvalue weighted by Crippen LogP contribution is 2.12. The summed E-state index contributed by atoms with van der Waals surface area (Å²) in [5.41, 5.74) is 11.2. The molecule has 1 heterocycles. The van der Waals surface area contributed by atoms with Crippen LogP contribution in [-0.2, 0) is 6.42 Å². The molecule has 5 heteroatoms. The van der Waals surface area contributed by atoms with Gasteiger partial charge in [-0.15, -0.1) is 0 Å². The molecule has 0 aliphatic heterocycles. The molecular formula is C9H11N3O2. The normalized spacial score (nSPS) is 9.79. The first-order chi connectivity index (χ1) is 6.57. The highest BCUT2D eigenvalue weighted by atomic mass is 16.1. The minimum absolute atomic E-state index is 0.115. The van der Waals surface area contributed by atoms with Crippen molar-refractivity contribution in [1.82, 2.24) is 4.98 Å². The molecule has 0 fully saturated rings. The van der Waals surface area contributed by atoms with E-state index in [0.717, 1.165) is 0 Å². The Balaban J connectivity index is 3.39. The van der Waals surface area contributed by atoms with E-state index >= 15 is 0 Å². The Morgan fingerprint density at radius 3 is 2.43 bits per heavy atom. The molecule has 2 amide bonds. The van der Waals surface area contributed by atoms with E-state index in [1.807, 2.05) is 0 Å². The maximum absolute atomic E-state index is 11.0. The molecule has 0 atom stereocenters. The number of carbonyl (C=O) groups excluding carboxylic acids is 2. The maximum Gasteiger partial charge on any atom is 0.267 e. The van der Waals surface area contributed by atoms with Crippen molar-refractivity contribution in [1.29, 1.82) is 0 Å². The highest BCUT2D eigenvalue weighted by Gasteiger charge is 2.15. The summed E-state index contributed by atoms with van der Waals surface area (Å²) in [6.45, 7) is 1.80. The van der Waals surface area contributed by atoms with Gasteiger partial charge < -0.3 is 11.5 Å². The molecule has 0 saturated heterocycles. The summed E-state index contributed by atoms with van der Waals surface area (Å²) >= 11 is 0. The zero-order valence-electron chi connectivity index (χ0n) is 7.78. The maximum atomic E-state index is 11.0. The van der Waals surface area contributed by atoms with E-state index < -0.39 is 11.8 Å². The molecule has 1 aromatic rings. The lowest BCUT2D eigenvalue weighted by atomic mass is 10.0. The van der Waals surface area contributed by atoms with Gasteiger partial charge in [0.05, 0.1) is 0 Å². The monoisotopic (exact) mass is 193 g/mol. The van der Waals surface area contributed by atoms with E-state index in [-0.39, 0.29) is 5.69 Å². The minimum Gasteiger partial charge on any atom is -0.366 e. The van der Waals surface area contributed by atoms with Crippen LogP contribution in [0.1, 0.15) is 33.3 Å². The van der Waals surface area contributed by atoms with Gasteiger partial charge in [0, 0.05) is 11.8 Å². The number of nitrogens with two attached hydrogens (primary N) is 2. The lowest BCUT2D eigenvalue weighted by molar-refractivity contribution is 0.0994. The molecule has 0 bridgehead atoms. The van der Waals surface area contributed by atoms with Gasteiger partial charge in [-0.3, -0.25) is 14.6 Å². The number of carbonyl (C=O) groups is 2. The van der Waals surface area contributed by atoms with Crippen LogP contribution in [0.5, 0.6) is 0 Å². The molecule has 74 valence electrons. The van der Waals surface area contributed by atoms with Gasteiger partial charge in [0.1, 0.15) is 5.69 Å². The van der Waals surface area contributed by atoms with Gasteiger partial charge in [0.25, 0.3) is 5.91 Å². The van der Waals surface area contributed by atoms with Crippen molar-refractivity contribution < 1.29 is 9.59 Å². The van der Waals surface area contributed by atoms with Crippen molar-refractivity contribution in [3.05, 3.63) is 29.1 Å². The highest BCUT2D eigenvalue weighted by molar-refractivity contribution is 5.99. The molecule has 0 unspecified atom stereocenters. The van der Waals surface area contributed by atoms with Gasteiger partial charge in [0.2, 0.25) is 5.91 Å². The third-order valence-corrected chi connectivity index (χ3v) is 1.91. The van der Waals surface area contributed by atoms with Crippen LogP contribution in [0.3, 0.4) is 0 Å². The molecule has 0 saturated carbocycles. The van der Waals surface area contributed by atoms with Crippen LogP contribution in [0.4, 0.5) is 0 Å². The topological polar surface area (TPSA) is 99.1 Å². The van der Waals surface area contributed by atoms with Crippen LogP contribution in [0.15, 0.2) is 12.3 Å². The molecular weight excluding hydrogens is 182 g/mol. The third kappa shape index (κ3) is 1.71. The van der Waals surface area contributed by atoms with Crippen molar-refractivity contribution in [3.8, 4) is 0 Å². The first-order valence-electron chi connectivity index (χ1n) is 4.15. The zero-order valence-corrected chi connectivity index (χ0v) is 7.78. The number of hydrogen-bond donors (Lipinski definition) is 2. The van der Waals surface area contributed by atoms with Crippen LogP contribution in [0.25, 0.3) is 0 Å². The Labute approximate surface area is 81.1 Å². The second-order valence-electron chi connectivity index (χ2n) is 2.77. The number of rotatable bonds is 3. The van der Waals surface area contributed by atoms with E-state index in [1.165, 1.54) is 12.3 Å². The van der Waals surface area contributed by atoms with E-state index in [1.54, 1.807) is 6.92 Å². The molecule has 4 N–H and O–H groups in total. The summed E-state index contributed by atoms with van der Waals surface area (Å²) in [6.07, 6.45) is 1.84. The molecule has 1 aromatic heterocycles. The average molecular weight is 193 g/mol. The largest absolute Gasteiger partial charge is 0.366 e. The Bertz CT molecular complexity index is 355. The molecule has 14 heavy (non-hydrogen) atoms. The summed E-state index contributed by atoms with van der Waals surface area (Å²) < 4.78 is 0. The predicted molar refractivity (Wildman–Crippen MR) is 50.7 cm³/mol. The summed E-state index contributed by atoms with van der Waals surface area (Å²) in [7, 11) is 0. The Morgan fingerprint density at radius 1 is 1.36 bits per heavy atom. The van der Waals surface area contributed by atoms with Crippen LogP contribution in [0, 0.1) is 0 Å². The zero-order chi connectivity index (χ0) is 10.7.